The van der Waals surface area contributed by atoms with E-state index in [2.05, 4.69) is 5.43 Å². The number of nitrogens with zero attached hydrogens (tertiary/aromatic N) is 4. The minimum Gasteiger partial charge on any atom is -0.463 e. The number of allylic oxidation sites excluding steroid dienone is 2. The first-order valence-corrected chi connectivity index (χ1v) is 14.0. The zero-order valence-corrected chi connectivity index (χ0v) is 23.5. The predicted octanol–water partition coefficient (Wildman–Crippen LogP) is 2.85. The lowest BCUT2D eigenvalue weighted by molar-refractivity contribution is -0.138. The third kappa shape index (κ3) is 3.76. The molecule has 2 fully saturated rings. The van der Waals surface area contributed by atoms with Gasteiger partial charge in [-0.05, 0) is 66.1 Å². The van der Waals surface area contributed by atoms with E-state index in [-0.39, 0.29) is 18.7 Å². The molecule has 4 heterocycles. The Morgan fingerprint density at radius 3 is 2.42 bits per heavy atom. The lowest BCUT2D eigenvalue weighted by atomic mass is 9.54. The molecular weight excluding hydrogens is 581 g/mol. The number of aliphatic hydroxyl groups excluding tert-OH is 1. The van der Waals surface area contributed by atoms with E-state index in [1.54, 1.807) is 42.5 Å². The third-order valence-electron chi connectivity index (χ3n) is 8.83. The maximum Gasteiger partial charge on any atom is 0.347 e. The van der Waals surface area contributed by atoms with Gasteiger partial charge in [0.25, 0.3) is 11.8 Å². The number of hydrogen-bond acceptors (Lipinski definition) is 7. The summed E-state index contributed by atoms with van der Waals surface area (Å²) in [4.78, 5) is 55.4. The molecule has 2 aromatic carbocycles. The van der Waals surface area contributed by atoms with Gasteiger partial charge in [-0.15, -0.1) is 0 Å². The predicted molar refractivity (Wildman–Crippen MR) is 152 cm³/mol. The van der Waals surface area contributed by atoms with E-state index in [0.717, 1.165) is 9.58 Å². The molecule has 1 aliphatic carbocycles. The maximum atomic E-state index is 14.8. The van der Waals surface area contributed by atoms with E-state index in [4.69, 9.17) is 16.0 Å². The van der Waals surface area contributed by atoms with Crippen LogP contribution in [0.15, 0.2) is 86.3 Å². The second kappa shape index (κ2) is 9.68. The average molecular weight is 606 g/mol. The van der Waals surface area contributed by atoms with Crippen LogP contribution in [-0.4, -0.2) is 35.9 Å². The quantitative estimate of drug-likeness (QED) is 0.264. The van der Waals surface area contributed by atoms with Crippen LogP contribution in [0.2, 0.25) is 5.02 Å². The number of anilines is 1. The van der Waals surface area contributed by atoms with Crippen molar-refractivity contribution in [3.63, 3.8) is 0 Å². The second-order valence-electron chi connectivity index (χ2n) is 10.9. The van der Waals surface area contributed by atoms with E-state index < -0.39 is 58.9 Å². The summed E-state index contributed by atoms with van der Waals surface area (Å²) in [5.74, 6) is -3.01. The van der Waals surface area contributed by atoms with Crippen LogP contribution in [0.4, 0.5) is 10.1 Å². The van der Waals surface area contributed by atoms with Gasteiger partial charge in [-0.1, -0.05) is 29.8 Å². The van der Waals surface area contributed by atoms with Crippen molar-refractivity contribution >= 4 is 29.1 Å². The van der Waals surface area contributed by atoms with Crippen molar-refractivity contribution in [2.24, 2.45) is 13.0 Å². The zero-order valence-electron chi connectivity index (χ0n) is 22.7. The molecule has 43 heavy (non-hydrogen) atoms. The van der Waals surface area contributed by atoms with Gasteiger partial charge >= 0.3 is 11.4 Å². The molecule has 2 amide bonds. The first-order valence-electron chi connectivity index (χ1n) is 13.6. The van der Waals surface area contributed by atoms with Crippen molar-refractivity contribution in [2.45, 2.75) is 36.9 Å². The highest BCUT2D eigenvalue weighted by molar-refractivity contribution is 6.30. The summed E-state index contributed by atoms with van der Waals surface area (Å²) in [6.07, 6.45) is 1.83. The van der Waals surface area contributed by atoms with Crippen LogP contribution < -0.4 is 16.8 Å². The van der Waals surface area contributed by atoms with Gasteiger partial charge in [0.2, 0.25) is 0 Å². The molecule has 0 bridgehead atoms. The molecule has 1 saturated carbocycles. The number of imide groups is 1. The molecule has 2 aromatic heterocycles. The Labute approximate surface area is 248 Å². The zero-order chi connectivity index (χ0) is 30.2. The van der Waals surface area contributed by atoms with Crippen molar-refractivity contribution in [3.8, 4) is 0 Å². The summed E-state index contributed by atoms with van der Waals surface area (Å²) < 4.78 is 23.4. The standard InChI is InChI=1S/C30H25ClFN5O6/c1-34-28(41)35-13-12-21-23(37(35)29(34)42)14-22-26(39)36(33-19-8-6-18(32)7-9-19)27(40)30(22,16-2-4-17(31)5-3-16)25(21)24-11-10-20(15-38)43-24/h2-12,22-23,25,33,38H,13-15H2,1H3/t22-,23+,25+,30+/m0/s1. The smallest absolute Gasteiger partial charge is 0.347 e. The SMILES string of the molecule is Cn1c(=O)n2n(c1=O)[C@@H]1C[C@H]3C(=O)N(Nc4ccc(F)cc4)C(=O)[C@@]3(c3ccc(Cl)cc3)[C@@H](c3ccc(CO)o3)C1=CC2. The van der Waals surface area contributed by atoms with E-state index in [1.807, 2.05) is 0 Å². The van der Waals surface area contributed by atoms with Gasteiger partial charge in [0.15, 0.2) is 0 Å². The van der Waals surface area contributed by atoms with E-state index in [1.165, 1.54) is 40.7 Å². The van der Waals surface area contributed by atoms with Crippen LogP contribution in [0, 0.1) is 11.7 Å². The molecule has 3 aliphatic rings. The molecule has 13 heteroatoms. The number of fused-ring (bicyclic) bond motifs is 4. The first kappa shape index (κ1) is 27.2. The summed E-state index contributed by atoms with van der Waals surface area (Å²) in [5.41, 5.74) is 1.69. The van der Waals surface area contributed by atoms with Crippen LogP contribution in [0.5, 0.6) is 0 Å². The fraction of sp³-hybridized carbons (Fsp3) is 0.267. The Balaban J connectivity index is 1.49. The molecule has 11 nitrogen and oxygen atoms in total. The van der Waals surface area contributed by atoms with Crippen molar-refractivity contribution < 1.29 is 23.5 Å². The highest BCUT2D eigenvalue weighted by Crippen LogP contribution is 2.62. The molecule has 4 aromatic rings. The highest BCUT2D eigenvalue weighted by atomic mass is 35.5. The van der Waals surface area contributed by atoms with Crippen LogP contribution in [0.3, 0.4) is 0 Å². The van der Waals surface area contributed by atoms with Crippen molar-refractivity contribution in [1.29, 1.82) is 0 Å². The molecular formula is C30H25ClFN5O6. The van der Waals surface area contributed by atoms with Gasteiger partial charge in [-0.2, -0.15) is 5.01 Å². The number of carbonyl (C=O) groups is 2. The molecule has 0 radical (unpaired) electrons. The Bertz CT molecular complexity index is 1940. The number of carbonyl (C=O) groups excluding carboxylic acids is 2. The fourth-order valence-corrected chi connectivity index (χ4v) is 7.09. The number of nitrogens with one attached hydrogen (secondary N) is 1. The molecule has 2 N–H and O–H groups in total. The number of hydrazine groups is 1. The largest absolute Gasteiger partial charge is 0.463 e. The summed E-state index contributed by atoms with van der Waals surface area (Å²) in [6.45, 7) is -0.332. The Morgan fingerprint density at radius 2 is 1.74 bits per heavy atom. The number of aliphatic hydroxyl groups is 1. The minimum absolute atomic E-state index is 0.0219. The number of amides is 2. The molecule has 2 aliphatic heterocycles. The summed E-state index contributed by atoms with van der Waals surface area (Å²) >= 11 is 6.25. The number of aromatic nitrogens is 3. The summed E-state index contributed by atoms with van der Waals surface area (Å²) in [6, 6.07) is 14.4. The normalized spacial score (nSPS) is 24.4. The van der Waals surface area contributed by atoms with E-state index in [0.29, 0.717) is 27.6 Å². The summed E-state index contributed by atoms with van der Waals surface area (Å²) in [5, 5.41) is 11.2. The van der Waals surface area contributed by atoms with Crippen molar-refractivity contribution in [1.82, 2.24) is 18.9 Å². The van der Waals surface area contributed by atoms with Crippen LogP contribution in [0.1, 0.15) is 35.5 Å². The van der Waals surface area contributed by atoms with Gasteiger partial charge in [-0.25, -0.2) is 27.9 Å². The minimum atomic E-state index is -1.57. The molecule has 1 saturated heterocycles. The van der Waals surface area contributed by atoms with Gasteiger partial charge in [0, 0.05) is 12.1 Å². The topological polar surface area (TPSA) is 132 Å². The number of benzene rings is 2. The van der Waals surface area contributed by atoms with Gasteiger partial charge in [-0.3, -0.25) is 15.0 Å². The van der Waals surface area contributed by atoms with Crippen LogP contribution in [-0.2, 0) is 35.2 Å². The van der Waals surface area contributed by atoms with E-state index >= 15 is 0 Å². The second-order valence-corrected chi connectivity index (χ2v) is 11.4. The Kier molecular flexibility index (Phi) is 6.12. The number of furan rings is 1. The number of rotatable bonds is 5. The highest BCUT2D eigenvalue weighted by Gasteiger charge is 2.69. The monoisotopic (exact) mass is 605 g/mol. The van der Waals surface area contributed by atoms with Crippen molar-refractivity contribution in [2.75, 3.05) is 5.43 Å². The van der Waals surface area contributed by atoms with Gasteiger partial charge in [0.05, 0.1) is 30.1 Å². The van der Waals surface area contributed by atoms with Crippen LogP contribution in [0.25, 0.3) is 0 Å². The lowest BCUT2D eigenvalue weighted by Crippen LogP contribution is -2.53. The third-order valence-corrected chi connectivity index (χ3v) is 9.09. The molecule has 0 spiro atoms. The van der Waals surface area contributed by atoms with E-state index in [9.17, 15) is 28.7 Å². The van der Waals surface area contributed by atoms with Crippen molar-refractivity contribution in [3.05, 3.63) is 121 Å². The molecule has 7 rings (SSSR count). The molecule has 0 unspecified atom stereocenters. The lowest BCUT2D eigenvalue weighted by Gasteiger charge is -2.47. The first-order chi connectivity index (χ1) is 20.7. The van der Waals surface area contributed by atoms with Crippen LogP contribution >= 0.6 is 11.6 Å². The Hall–Kier alpha value is -4.68. The Morgan fingerprint density at radius 1 is 1.02 bits per heavy atom. The van der Waals surface area contributed by atoms with Gasteiger partial charge < -0.3 is 9.52 Å². The number of hydrogen-bond donors (Lipinski definition) is 2. The van der Waals surface area contributed by atoms with Gasteiger partial charge in [0.1, 0.15) is 29.4 Å². The average Bonchev–Trinajstić information content (AvgIpc) is 3.64. The number of halogens is 2. The fourth-order valence-electron chi connectivity index (χ4n) is 6.97. The molecule has 4 atom stereocenters. The summed E-state index contributed by atoms with van der Waals surface area (Å²) in [7, 11) is 1.39. The molecule has 220 valence electrons. The maximum absolute atomic E-state index is 14.8.